The van der Waals surface area contributed by atoms with Gasteiger partial charge in [-0.1, -0.05) is 24.3 Å². The van der Waals surface area contributed by atoms with E-state index in [1.807, 2.05) is 41.3 Å². The van der Waals surface area contributed by atoms with Crippen molar-refractivity contribution in [3.05, 3.63) is 64.8 Å². The summed E-state index contributed by atoms with van der Waals surface area (Å²) in [5.41, 5.74) is 1.97. The molecule has 2 saturated heterocycles. The van der Waals surface area contributed by atoms with Gasteiger partial charge >= 0.3 is 0 Å². The van der Waals surface area contributed by atoms with Crippen LogP contribution in [0.4, 0.5) is 15.8 Å². The number of benzene rings is 2. The van der Waals surface area contributed by atoms with Gasteiger partial charge in [-0.2, -0.15) is 0 Å². The Morgan fingerprint density at radius 3 is 2.67 bits per heavy atom. The molecule has 27 heavy (non-hydrogen) atoms. The van der Waals surface area contributed by atoms with E-state index in [0.717, 1.165) is 5.69 Å². The van der Waals surface area contributed by atoms with E-state index in [4.69, 9.17) is 4.74 Å². The van der Waals surface area contributed by atoms with Crippen LogP contribution in [-0.2, 0) is 9.53 Å². The van der Waals surface area contributed by atoms with Crippen LogP contribution in [-0.4, -0.2) is 37.4 Å². The number of aliphatic imine (C=N–C) groups is 1. The molecule has 2 aromatic rings. The number of rotatable bonds is 3. The second-order valence-corrected chi connectivity index (χ2v) is 7.16. The highest BCUT2D eigenvalue weighted by molar-refractivity contribution is 8.18. The van der Waals surface area contributed by atoms with Gasteiger partial charge in [-0.05, 0) is 47.7 Å². The molecule has 0 radical (unpaired) electrons. The predicted octanol–water partition coefficient (Wildman–Crippen LogP) is 3.55. The van der Waals surface area contributed by atoms with Gasteiger partial charge in [-0.15, -0.1) is 0 Å². The molecule has 0 atom stereocenters. The van der Waals surface area contributed by atoms with Gasteiger partial charge in [0.2, 0.25) is 0 Å². The van der Waals surface area contributed by atoms with Gasteiger partial charge in [0.1, 0.15) is 5.82 Å². The first-order valence-electron chi connectivity index (χ1n) is 8.66. The quantitative estimate of drug-likeness (QED) is 0.824. The highest BCUT2D eigenvalue weighted by Crippen LogP contribution is 2.29. The lowest BCUT2D eigenvalue weighted by molar-refractivity contribution is -0.115. The van der Waals surface area contributed by atoms with Gasteiger partial charge in [0.05, 0.1) is 29.5 Å². The molecule has 2 aliphatic rings. The SMILES string of the molecule is O=C1NC(=Nc2ccccc2)S/C1=C\c1ccc(N2CCOCC2)c(F)c1. The first kappa shape index (κ1) is 17.8. The van der Waals surface area contributed by atoms with Crippen molar-refractivity contribution in [2.45, 2.75) is 0 Å². The average molecular weight is 383 g/mol. The second-order valence-electron chi connectivity index (χ2n) is 6.13. The number of hydrogen-bond donors (Lipinski definition) is 1. The van der Waals surface area contributed by atoms with E-state index < -0.39 is 0 Å². The summed E-state index contributed by atoms with van der Waals surface area (Å²) in [6, 6.07) is 14.4. The molecule has 1 amide bonds. The summed E-state index contributed by atoms with van der Waals surface area (Å²) in [6.07, 6.45) is 1.68. The van der Waals surface area contributed by atoms with Gasteiger partial charge in [0, 0.05) is 13.1 Å². The predicted molar refractivity (Wildman–Crippen MR) is 107 cm³/mol. The van der Waals surface area contributed by atoms with Crippen LogP contribution in [0.15, 0.2) is 58.4 Å². The fourth-order valence-electron chi connectivity index (χ4n) is 2.93. The lowest BCUT2D eigenvalue weighted by atomic mass is 10.1. The minimum absolute atomic E-state index is 0.229. The molecule has 2 heterocycles. The third-order valence-electron chi connectivity index (χ3n) is 4.26. The summed E-state index contributed by atoms with van der Waals surface area (Å²) in [5, 5.41) is 3.26. The minimum atomic E-state index is -0.298. The van der Waals surface area contributed by atoms with E-state index >= 15 is 0 Å². The number of ether oxygens (including phenoxy) is 1. The second kappa shape index (κ2) is 7.94. The molecule has 0 unspecified atom stereocenters. The summed E-state index contributed by atoms with van der Waals surface area (Å²) in [4.78, 5) is 19.0. The number of morpholine rings is 1. The molecule has 0 aromatic heterocycles. The van der Waals surface area contributed by atoms with E-state index in [0.29, 0.717) is 47.6 Å². The molecule has 0 bridgehead atoms. The Kier molecular flexibility index (Phi) is 5.22. The van der Waals surface area contributed by atoms with E-state index in [1.54, 1.807) is 12.1 Å². The first-order valence-corrected chi connectivity index (χ1v) is 9.47. The fraction of sp³-hybridized carbons (Fsp3) is 0.200. The Morgan fingerprint density at radius 2 is 1.93 bits per heavy atom. The van der Waals surface area contributed by atoms with E-state index in [1.165, 1.54) is 17.8 Å². The maximum Gasteiger partial charge on any atom is 0.264 e. The molecule has 0 aliphatic carbocycles. The van der Waals surface area contributed by atoms with Crippen molar-refractivity contribution in [2.75, 3.05) is 31.2 Å². The lowest BCUT2D eigenvalue weighted by Gasteiger charge is -2.29. The van der Waals surface area contributed by atoms with Crippen molar-refractivity contribution in [1.82, 2.24) is 5.32 Å². The third kappa shape index (κ3) is 4.20. The number of amidine groups is 1. The topological polar surface area (TPSA) is 53.9 Å². The third-order valence-corrected chi connectivity index (χ3v) is 5.17. The van der Waals surface area contributed by atoms with Gasteiger partial charge < -0.3 is 15.0 Å². The van der Waals surface area contributed by atoms with Crippen molar-refractivity contribution in [2.24, 2.45) is 4.99 Å². The maximum atomic E-state index is 14.5. The Labute approximate surface area is 160 Å². The number of anilines is 1. The molecular formula is C20H18FN3O2S. The molecule has 2 fully saturated rings. The smallest absolute Gasteiger partial charge is 0.264 e. The van der Waals surface area contributed by atoms with Crippen molar-refractivity contribution in [3.8, 4) is 0 Å². The van der Waals surface area contributed by atoms with Crippen LogP contribution in [0, 0.1) is 5.82 Å². The number of amides is 1. The van der Waals surface area contributed by atoms with E-state index in [9.17, 15) is 9.18 Å². The largest absolute Gasteiger partial charge is 0.378 e. The zero-order chi connectivity index (χ0) is 18.6. The van der Waals surface area contributed by atoms with Gasteiger partial charge in [-0.3, -0.25) is 4.79 Å². The summed E-state index contributed by atoms with van der Waals surface area (Å²) in [6.45, 7) is 2.56. The number of hydrogen-bond acceptors (Lipinski definition) is 5. The van der Waals surface area contributed by atoms with Crippen LogP contribution in [0.25, 0.3) is 6.08 Å². The Morgan fingerprint density at radius 1 is 1.15 bits per heavy atom. The Bertz CT molecular complexity index is 909. The number of thioether (sulfide) groups is 1. The Balaban J connectivity index is 1.52. The minimum Gasteiger partial charge on any atom is -0.378 e. The first-order chi connectivity index (χ1) is 13.2. The average Bonchev–Trinajstić information content (AvgIpc) is 3.02. The molecule has 7 heteroatoms. The van der Waals surface area contributed by atoms with Crippen LogP contribution in [0.3, 0.4) is 0 Å². The maximum absolute atomic E-state index is 14.5. The van der Waals surface area contributed by atoms with Crippen molar-refractivity contribution >= 4 is 40.3 Å². The molecule has 0 saturated carbocycles. The number of nitrogens with one attached hydrogen (secondary N) is 1. The number of nitrogens with zero attached hydrogens (tertiary/aromatic N) is 2. The van der Waals surface area contributed by atoms with Crippen LogP contribution in [0.1, 0.15) is 5.56 Å². The van der Waals surface area contributed by atoms with Crippen LogP contribution < -0.4 is 10.2 Å². The van der Waals surface area contributed by atoms with Crippen molar-refractivity contribution < 1.29 is 13.9 Å². The number of carbonyl (C=O) groups is 1. The summed E-state index contributed by atoms with van der Waals surface area (Å²) < 4.78 is 19.8. The highest BCUT2D eigenvalue weighted by Gasteiger charge is 2.24. The number of halogens is 1. The molecule has 4 rings (SSSR count). The molecule has 138 valence electrons. The normalized spacial score (nSPS) is 20.3. The zero-order valence-electron chi connectivity index (χ0n) is 14.5. The zero-order valence-corrected chi connectivity index (χ0v) is 15.3. The molecular weight excluding hydrogens is 365 g/mol. The van der Waals surface area contributed by atoms with E-state index in [-0.39, 0.29) is 11.7 Å². The van der Waals surface area contributed by atoms with Crippen LogP contribution in [0.2, 0.25) is 0 Å². The summed E-state index contributed by atoms with van der Waals surface area (Å²) in [5.74, 6) is -0.528. The van der Waals surface area contributed by atoms with Gasteiger partial charge in [0.15, 0.2) is 5.17 Å². The molecule has 5 nitrogen and oxygen atoms in total. The molecule has 2 aliphatic heterocycles. The Hall–Kier alpha value is -2.64. The molecule has 0 spiro atoms. The number of carbonyl (C=O) groups excluding carboxylic acids is 1. The van der Waals surface area contributed by atoms with E-state index in [2.05, 4.69) is 10.3 Å². The standard InChI is InChI=1S/C20H18FN3O2S/c21-16-12-14(6-7-17(16)24-8-10-26-11-9-24)13-18-19(25)23-20(27-18)22-15-4-2-1-3-5-15/h1-7,12-13H,8-11H2,(H,22,23,25)/b18-13-. The van der Waals surface area contributed by atoms with Crippen molar-refractivity contribution in [1.29, 1.82) is 0 Å². The van der Waals surface area contributed by atoms with Crippen molar-refractivity contribution in [3.63, 3.8) is 0 Å². The van der Waals surface area contributed by atoms with Crippen LogP contribution in [0.5, 0.6) is 0 Å². The summed E-state index contributed by atoms with van der Waals surface area (Å²) in [7, 11) is 0. The summed E-state index contributed by atoms with van der Waals surface area (Å²) >= 11 is 1.25. The van der Waals surface area contributed by atoms with Gasteiger partial charge in [0.25, 0.3) is 5.91 Å². The molecule has 1 N–H and O–H groups in total. The fourth-order valence-corrected chi connectivity index (χ4v) is 3.77. The lowest BCUT2D eigenvalue weighted by Crippen LogP contribution is -2.36. The van der Waals surface area contributed by atoms with Crippen LogP contribution >= 0.6 is 11.8 Å². The van der Waals surface area contributed by atoms with Gasteiger partial charge in [-0.25, -0.2) is 9.38 Å². The monoisotopic (exact) mass is 383 g/mol. The number of para-hydroxylation sites is 1. The molecule has 2 aromatic carbocycles. The highest BCUT2D eigenvalue weighted by atomic mass is 32.2.